The van der Waals surface area contributed by atoms with E-state index in [1.807, 2.05) is 24.3 Å². The number of rotatable bonds is 6. The number of sulfonamides is 1. The number of hydrogen-bond acceptors (Lipinski definition) is 4. The maximum atomic E-state index is 12.9. The Labute approximate surface area is 174 Å². The van der Waals surface area contributed by atoms with Crippen LogP contribution in [0, 0.1) is 5.92 Å². The Morgan fingerprint density at radius 2 is 1.86 bits per heavy atom. The summed E-state index contributed by atoms with van der Waals surface area (Å²) in [7, 11) is -2.00. The maximum absolute atomic E-state index is 12.9. The number of carbonyl (C=O) groups excluding carboxylic acids is 1. The van der Waals surface area contributed by atoms with E-state index in [0.29, 0.717) is 25.9 Å². The summed E-state index contributed by atoms with van der Waals surface area (Å²) < 4.78 is 33.1. The second-order valence-electron chi connectivity index (χ2n) is 6.72. The van der Waals surface area contributed by atoms with Crippen molar-refractivity contribution in [3.63, 3.8) is 0 Å². The molecule has 1 heterocycles. The van der Waals surface area contributed by atoms with Gasteiger partial charge in [0, 0.05) is 24.1 Å². The lowest BCUT2D eigenvalue weighted by Gasteiger charge is -2.31. The van der Waals surface area contributed by atoms with Crippen molar-refractivity contribution in [3.8, 4) is 5.75 Å². The van der Waals surface area contributed by atoms with Crippen molar-refractivity contribution in [2.45, 2.75) is 24.3 Å². The Kier molecular flexibility index (Phi) is 6.74. The van der Waals surface area contributed by atoms with Gasteiger partial charge in [-0.2, -0.15) is 4.31 Å². The molecule has 6 nitrogen and oxygen atoms in total. The van der Waals surface area contributed by atoms with Gasteiger partial charge in [-0.1, -0.05) is 28.1 Å². The SMILES string of the molecule is COc1ccc(CNC(=O)[C@H]2CCCN(S(=O)(=O)c3ccc(Br)cc3)C2)cc1. The molecule has 28 heavy (non-hydrogen) atoms. The van der Waals surface area contributed by atoms with Crippen LogP contribution in [0.15, 0.2) is 57.9 Å². The molecule has 0 bridgehead atoms. The van der Waals surface area contributed by atoms with E-state index in [9.17, 15) is 13.2 Å². The summed E-state index contributed by atoms with van der Waals surface area (Å²) in [6, 6.07) is 14.0. The predicted molar refractivity (Wildman–Crippen MR) is 110 cm³/mol. The normalized spacial score (nSPS) is 17.9. The maximum Gasteiger partial charge on any atom is 0.243 e. The Morgan fingerprint density at radius 1 is 1.18 bits per heavy atom. The molecule has 8 heteroatoms. The van der Waals surface area contributed by atoms with Crippen LogP contribution in [0.1, 0.15) is 18.4 Å². The highest BCUT2D eigenvalue weighted by Crippen LogP contribution is 2.25. The van der Waals surface area contributed by atoms with Gasteiger partial charge >= 0.3 is 0 Å². The minimum absolute atomic E-state index is 0.119. The lowest BCUT2D eigenvalue weighted by Crippen LogP contribution is -2.45. The third kappa shape index (κ3) is 4.92. The minimum atomic E-state index is -3.60. The molecule has 1 N–H and O–H groups in total. The number of piperidine rings is 1. The molecule has 1 aliphatic heterocycles. The van der Waals surface area contributed by atoms with E-state index in [0.717, 1.165) is 15.8 Å². The summed E-state index contributed by atoms with van der Waals surface area (Å²) in [6.45, 7) is 1.03. The first-order valence-electron chi connectivity index (χ1n) is 9.06. The predicted octanol–water partition coefficient (Wildman–Crippen LogP) is 3.17. The molecule has 2 aromatic carbocycles. The molecule has 0 aliphatic carbocycles. The highest BCUT2D eigenvalue weighted by Gasteiger charge is 2.33. The number of halogens is 1. The monoisotopic (exact) mass is 466 g/mol. The average molecular weight is 467 g/mol. The molecular formula is C20H23BrN2O4S. The van der Waals surface area contributed by atoms with E-state index in [1.54, 1.807) is 31.4 Å². The Balaban J connectivity index is 1.61. The average Bonchev–Trinajstić information content (AvgIpc) is 2.72. The zero-order chi connectivity index (χ0) is 20.1. The number of ether oxygens (including phenoxy) is 1. The zero-order valence-corrected chi connectivity index (χ0v) is 18.0. The number of carbonyl (C=O) groups is 1. The van der Waals surface area contributed by atoms with Gasteiger partial charge in [-0.15, -0.1) is 0 Å². The summed E-state index contributed by atoms with van der Waals surface area (Å²) in [5.74, 6) is 0.292. The van der Waals surface area contributed by atoms with E-state index >= 15 is 0 Å². The minimum Gasteiger partial charge on any atom is -0.497 e. The third-order valence-electron chi connectivity index (χ3n) is 4.83. The highest BCUT2D eigenvalue weighted by molar-refractivity contribution is 9.10. The van der Waals surface area contributed by atoms with Gasteiger partial charge in [0.2, 0.25) is 15.9 Å². The molecule has 0 radical (unpaired) electrons. The second-order valence-corrected chi connectivity index (χ2v) is 9.58. The van der Waals surface area contributed by atoms with Gasteiger partial charge in [-0.3, -0.25) is 4.79 Å². The van der Waals surface area contributed by atoms with Crippen molar-refractivity contribution in [3.05, 3.63) is 58.6 Å². The standard InChI is InChI=1S/C20H23BrN2O4S/c1-27-18-8-4-15(5-9-18)13-22-20(24)16-3-2-12-23(14-16)28(25,26)19-10-6-17(21)7-11-19/h4-11,16H,2-3,12-14H2,1H3,(H,22,24)/t16-/m0/s1. The van der Waals surface area contributed by atoms with E-state index in [4.69, 9.17) is 4.74 Å². The van der Waals surface area contributed by atoms with Crippen LogP contribution in [0.2, 0.25) is 0 Å². The zero-order valence-electron chi connectivity index (χ0n) is 15.6. The quantitative estimate of drug-likeness (QED) is 0.708. The van der Waals surface area contributed by atoms with Crippen LogP contribution >= 0.6 is 15.9 Å². The molecule has 1 saturated heterocycles. The molecule has 1 fully saturated rings. The van der Waals surface area contributed by atoms with Crippen LogP contribution < -0.4 is 10.1 Å². The molecule has 1 atom stereocenters. The van der Waals surface area contributed by atoms with Crippen molar-refractivity contribution >= 4 is 31.9 Å². The Bertz CT molecular complexity index is 914. The van der Waals surface area contributed by atoms with Crippen molar-refractivity contribution in [2.24, 2.45) is 5.92 Å². The van der Waals surface area contributed by atoms with Gasteiger partial charge in [0.05, 0.1) is 17.9 Å². The largest absolute Gasteiger partial charge is 0.497 e. The van der Waals surface area contributed by atoms with Crippen molar-refractivity contribution in [1.82, 2.24) is 9.62 Å². The van der Waals surface area contributed by atoms with Gasteiger partial charge < -0.3 is 10.1 Å². The van der Waals surface area contributed by atoms with E-state index in [2.05, 4.69) is 21.2 Å². The van der Waals surface area contributed by atoms with Crippen molar-refractivity contribution < 1.29 is 17.9 Å². The fraction of sp³-hybridized carbons (Fsp3) is 0.350. The summed E-state index contributed by atoms with van der Waals surface area (Å²) in [4.78, 5) is 12.8. The van der Waals surface area contributed by atoms with Crippen LogP contribution in [0.25, 0.3) is 0 Å². The fourth-order valence-corrected chi connectivity index (χ4v) is 5.00. The Hall–Kier alpha value is -1.90. The molecule has 3 rings (SSSR count). The lowest BCUT2D eigenvalue weighted by atomic mass is 9.99. The van der Waals surface area contributed by atoms with Gasteiger partial charge in [0.15, 0.2) is 0 Å². The van der Waals surface area contributed by atoms with Gasteiger partial charge in [0.1, 0.15) is 5.75 Å². The number of benzene rings is 2. The second kappa shape index (κ2) is 9.07. The smallest absolute Gasteiger partial charge is 0.243 e. The number of hydrogen-bond donors (Lipinski definition) is 1. The molecule has 1 amide bonds. The summed E-state index contributed by atoms with van der Waals surface area (Å²) in [5, 5.41) is 2.92. The number of nitrogens with one attached hydrogen (secondary N) is 1. The van der Waals surface area contributed by atoms with Gasteiger partial charge in [-0.25, -0.2) is 8.42 Å². The molecule has 0 aromatic heterocycles. The molecule has 2 aromatic rings. The molecular weight excluding hydrogens is 444 g/mol. The van der Waals surface area contributed by atoms with Crippen LogP contribution in [0.4, 0.5) is 0 Å². The number of nitrogens with zero attached hydrogens (tertiary/aromatic N) is 1. The van der Waals surface area contributed by atoms with Gasteiger partial charge in [-0.05, 0) is 54.8 Å². The van der Waals surface area contributed by atoms with Crippen molar-refractivity contribution in [2.75, 3.05) is 20.2 Å². The van der Waals surface area contributed by atoms with Gasteiger partial charge in [0.25, 0.3) is 0 Å². The van der Waals surface area contributed by atoms with E-state index < -0.39 is 10.0 Å². The molecule has 150 valence electrons. The highest BCUT2D eigenvalue weighted by atomic mass is 79.9. The lowest BCUT2D eigenvalue weighted by molar-refractivity contribution is -0.126. The first-order chi connectivity index (χ1) is 13.4. The third-order valence-corrected chi connectivity index (χ3v) is 7.24. The molecule has 0 spiro atoms. The summed E-state index contributed by atoms with van der Waals surface area (Å²) in [6.07, 6.45) is 1.34. The first-order valence-corrected chi connectivity index (χ1v) is 11.3. The number of amides is 1. The molecule has 1 aliphatic rings. The van der Waals surface area contributed by atoms with E-state index in [-0.39, 0.29) is 23.3 Å². The fourth-order valence-electron chi connectivity index (χ4n) is 3.21. The van der Waals surface area contributed by atoms with Crippen LogP contribution in [0.3, 0.4) is 0 Å². The molecule has 0 saturated carbocycles. The Morgan fingerprint density at radius 3 is 2.50 bits per heavy atom. The van der Waals surface area contributed by atoms with Crippen molar-refractivity contribution in [1.29, 1.82) is 0 Å². The van der Waals surface area contributed by atoms with Crippen LogP contribution in [-0.4, -0.2) is 38.8 Å². The summed E-state index contributed by atoms with van der Waals surface area (Å²) in [5.41, 5.74) is 0.962. The van der Waals surface area contributed by atoms with Crippen LogP contribution in [0.5, 0.6) is 5.75 Å². The topological polar surface area (TPSA) is 75.7 Å². The molecule has 0 unspecified atom stereocenters. The van der Waals surface area contributed by atoms with E-state index in [1.165, 1.54) is 4.31 Å². The van der Waals surface area contributed by atoms with Crippen LogP contribution in [-0.2, 0) is 21.4 Å². The summed E-state index contributed by atoms with van der Waals surface area (Å²) >= 11 is 3.31. The number of methoxy groups -OCH3 is 1. The first kappa shape index (κ1) is 20.8.